The van der Waals surface area contributed by atoms with Crippen molar-refractivity contribution in [3.8, 4) is 5.75 Å². The molecular weight excluding hydrogens is 232 g/mol. The summed E-state index contributed by atoms with van der Waals surface area (Å²) in [6.07, 6.45) is 1.04. The first-order valence-electron chi connectivity index (χ1n) is 6.05. The Morgan fingerprint density at radius 2 is 2.11 bits per heavy atom. The van der Waals surface area contributed by atoms with Gasteiger partial charge in [0.2, 0.25) is 0 Å². The van der Waals surface area contributed by atoms with Crippen molar-refractivity contribution in [2.45, 2.75) is 32.3 Å². The van der Waals surface area contributed by atoms with Crippen LogP contribution in [-0.4, -0.2) is 24.5 Å². The van der Waals surface area contributed by atoms with Gasteiger partial charge in [-0.1, -0.05) is 18.2 Å². The standard InChI is InChI=1S/C14H16O4/c1-10(15)6-7-14(16)17-9-12-8-11-4-2-3-5-13(11)18-12/h2-5,12H,6-9H2,1H3. The Bertz CT molecular complexity index is 428. The fourth-order valence-electron chi connectivity index (χ4n) is 1.88. The van der Waals surface area contributed by atoms with Crippen LogP contribution < -0.4 is 4.74 Å². The highest BCUT2D eigenvalue weighted by atomic mass is 16.6. The van der Waals surface area contributed by atoms with E-state index in [9.17, 15) is 9.59 Å². The number of Topliss-reactive ketones (excluding diaryl/α,β-unsaturated/α-hetero) is 1. The molecule has 4 heteroatoms. The van der Waals surface area contributed by atoms with Gasteiger partial charge < -0.3 is 14.3 Å². The smallest absolute Gasteiger partial charge is 0.306 e. The molecular formula is C14H16O4. The van der Waals surface area contributed by atoms with Crippen LogP contribution >= 0.6 is 0 Å². The molecule has 0 amide bonds. The van der Waals surface area contributed by atoms with Crippen LogP contribution in [0.2, 0.25) is 0 Å². The quantitative estimate of drug-likeness (QED) is 0.747. The van der Waals surface area contributed by atoms with Gasteiger partial charge in [-0.3, -0.25) is 4.79 Å². The lowest BCUT2D eigenvalue weighted by molar-refractivity contribution is -0.146. The van der Waals surface area contributed by atoms with Gasteiger partial charge in [0.1, 0.15) is 24.2 Å². The number of carbonyl (C=O) groups is 2. The molecule has 0 spiro atoms. The average Bonchev–Trinajstić information content (AvgIpc) is 2.76. The van der Waals surface area contributed by atoms with Crippen LogP contribution in [0.1, 0.15) is 25.3 Å². The van der Waals surface area contributed by atoms with Gasteiger partial charge >= 0.3 is 5.97 Å². The molecule has 96 valence electrons. The summed E-state index contributed by atoms with van der Waals surface area (Å²) in [7, 11) is 0. The number of ketones is 1. The SMILES string of the molecule is CC(=O)CCC(=O)OCC1Cc2ccccc2O1. The average molecular weight is 248 g/mol. The monoisotopic (exact) mass is 248 g/mol. The summed E-state index contributed by atoms with van der Waals surface area (Å²) in [5, 5.41) is 0. The van der Waals surface area contributed by atoms with E-state index in [4.69, 9.17) is 9.47 Å². The minimum Gasteiger partial charge on any atom is -0.486 e. The van der Waals surface area contributed by atoms with E-state index in [-0.39, 0.29) is 37.3 Å². The van der Waals surface area contributed by atoms with Gasteiger partial charge in [-0.15, -0.1) is 0 Å². The number of ether oxygens (including phenoxy) is 2. The van der Waals surface area contributed by atoms with E-state index in [1.165, 1.54) is 6.92 Å². The Labute approximate surface area is 106 Å². The third kappa shape index (κ3) is 3.32. The molecule has 4 nitrogen and oxygen atoms in total. The highest BCUT2D eigenvalue weighted by molar-refractivity contribution is 5.80. The van der Waals surface area contributed by atoms with Crippen molar-refractivity contribution in [3.05, 3.63) is 29.8 Å². The molecule has 0 N–H and O–H groups in total. The van der Waals surface area contributed by atoms with Gasteiger partial charge in [0.25, 0.3) is 0 Å². The van der Waals surface area contributed by atoms with E-state index in [0.29, 0.717) is 0 Å². The maximum Gasteiger partial charge on any atom is 0.306 e. The summed E-state index contributed by atoms with van der Waals surface area (Å²) in [5.41, 5.74) is 1.14. The summed E-state index contributed by atoms with van der Waals surface area (Å²) in [4.78, 5) is 22.1. The van der Waals surface area contributed by atoms with Gasteiger partial charge in [0.05, 0.1) is 6.42 Å². The highest BCUT2D eigenvalue weighted by Crippen LogP contribution is 2.28. The Hall–Kier alpha value is -1.84. The largest absolute Gasteiger partial charge is 0.486 e. The minimum absolute atomic E-state index is 0.00327. The van der Waals surface area contributed by atoms with Gasteiger partial charge in [-0.2, -0.15) is 0 Å². The van der Waals surface area contributed by atoms with Crippen LogP contribution in [0.3, 0.4) is 0 Å². The molecule has 1 heterocycles. The number of benzene rings is 1. The lowest BCUT2D eigenvalue weighted by Gasteiger charge is -2.10. The summed E-state index contributed by atoms with van der Waals surface area (Å²) in [5.74, 6) is 0.517. The normalized spacial score (nSPS) is 16.8. The Balaban J connectivity index is 1.73. The van der Waals surface area contributed by atoms with Gasteiger partial charge in [-0.05, 0) is 18.6 Å². The predicted molar refractivity (Wildman–Crippen MR) is 65.4 cm³/mol. The molecule has 0 radical (unpaired) electrons. The molecule has 0 aromatic heterocycles. The molecule has 0 bridgehead atoms. The summed E-state index contributed by atoms with van der Waals surface area (Å²) >= 11 is 0. The fourth-order valence-corrected chi connectivity index (χ4v) is 1.88. The Morgan fingerprint density at radius 1 is 1.33 bits per heavy atom. The first kappa shape index (κ1) is 12.6. The zero-order valence-electron chi connectivity index (χ0n) is 10.3. The molecule has 0 saturated heterocycles. The van der Waals surface area contributed by atoms with E-state index in [0.717, 1.165) is 17.7 Å². The van der Waals surface area contributed by atoms with E-state index >= 15 is 0 Å². The number of esters is 1. The fraction of sp³-hybridized carbons (Fsp3) is 0.429. The molecule has 18 heavy (non-hydrogen) atoms. The van der Waals surface area contributed by atoms with Crippen molar-refractivity contribution in [2.24, 2.45) is 0 Å². The third-order valence-electron chi connectivity index (χ3n) is 2.83. The maximum atomic E-state index is 11.3. The zero-order valence-corrected chi connectivity index (χ0v) is 10.3. The second-order valence-electron chi connectivity index (χ2n) is 4.44. The second-order valence-corrected chi connectivity index (χ2v) is 4.44. The van der Waals surface area contributed by atoms with Crippen molar-refractivity contribution in [3.63, 3.8) is 0 Å². The Morgan fingerprint density at radius 3 is 2.83 bits per heavy atom. The van der Waals surface area contributed by atoms with E-state index in [2.05, 4.69) is 0 Å². The van der Waals surface area contributed by atoms with Crippen LogP contribution in [0.5, 0.6) is 5.75 Å². The molecule has 1 aromatic rings. The highest BCUT2D eigenvalue weighted by Gasteiger charge is 2.23. The maximum absolute atomic E-state index is 11.3. The molecule has 0 fully saturated rings. The molecule has 1 aliphatic rings. The number of para-hydroxylation sites is 1. The van der Waals surface area contributed by atoms with Crippen LogP contribution in [0.4, 0.5) is 0 Å². The van der Waals surface area contributed by atoms with Crippen molar-refractivity contribution in [1.29, 1.82) is 0 Å². The van der Waals surface area contributed by atoms with Crippen molar-refractivity contribution < 1.29 is 19.1 Å². The summed E-state index contributed by atoms with van der Waals surface area (Å²) in [6.45, 7) is 1.70. The second kappa shape index (κ2) is 5.67. The number of carbonyl (C=O) groups excluding carboxylic acids is 2. The first-order valence-corrected chi connectivity index (χ1v) is 6.05. The lowest BCUT2D eigenvalue weighted by Crippen LogP contribution is -2.23. The van der Waals surface area contributed by atoms with E-state index in [1.54, 1.807) is 0 Å². The molecule has 1 aromatic carbocycles. The number of rotatable bonds is 5. The van der Waals surface area contributed by atoms with Crippen LogP contribution in [0.15, 0.2) is 24.3 Å². The molecule has 2 rings (SSSR count). The van der Waals surface area contributed by atoms with E-state index in [1.807, 2.05) is 24.3 Å². The van der Waals surface area contributed by atoms with Gasteiger partial charge in [0.15, 0.2) is 0 Å². The molecule has 1 atom stereocenters. The molecule has 1 aliphatic heterocycles. The molecule has 0 saturated carbocycles. The van der Waals surface area contributed by atoms with Crippen LogP contribution in [0, 0.1) is 0 Å². The van der Waals surface area contributed by atoms with Gasteiger partial charge in [0, 0.05) is 12.8 Å². The minimum atomic E-state index is -0.343. The van der Waals surface area contributed by atoms with E-state index < -0.39 is 0 Å². The zero-order chi connectivity index (χ0) is 13.0. The van der Waals surface area contributed by atoms with Crippen LogP contribution in [0.25, 0.3) is 0 Å². The van der Waals surface area contributed by atoms with Crippen molar-refractivity contribution in [2.75, 3.05) is 6.61 Å². The molecule has 0 aliphatic carbocycles. The Kier molecular flexibility index (Phi) is 3.97. The lowest BCUT2D eigenvalue weighted by atomic mass is 10.1. The predicted octanol–water partition coefficient (Wildman–Crippen LogP) is 1.90. The summed E-state index contributed by atoms with van der Waals surface area (Å²) in [6, 6.07) is 7.79. The number of hydrogen-bond acceptors (Lipinski definition) is 4. The number of hydrogen-bond donors (Lipinski definition) is 0. The van der Waals surface area contributed by atoms with Gasteiger partial charge in [-0.25, -0.2) is 0 Å². The van der Waals surface area contributed by atoms with Crippen molar-refractivity contribution in [1.82, 2.24) is 0 Å². The third-order valence-corrected chi connectivity index (χ3v) is 2.83. The first-order chi connectivity index (χ1) is 8.65. The number of fused-ring (bicyclic) bond motifs is 1. The topological polar surface area (TPSA) is 52.6 Å². The van der Waals surface area contributed by atoms with Crippen molar-refractivity contribution >= 4 is 11.8 Å². The summed E-state index contributed by atoms with van der Waals surface area (Å²) < 4.78 is 10.7. The molecule has 1 unspecified atom stereocenters. The van der Waals surface area contributed by atoms with Crippen LogP contribution in [-0.2, 0) is 20.7 Å².